The standard InChI is InChI=1S/C18H14Br2NOP/c1-13-17(20)11-12-18(21-13)23(22,15-5-3-2-4-6-15)16-9-7-14(19)8-10-16/h2-12H,1H3. The number of rotatable bonds is 3. The molecule has 0 amide bonds. The van der Waals surface area contributed by atoms with Gasteiger partial charge in [0.25, 0.3) is 0 Å². The Bertz CT molecular complexity index is 879. The Balaban J connectivity index is 2.28. The number of hydrogen-bond donors (Lipinski definition) is 0. The smallest absolute Gasteiger partial charge is 0.188 e. The fourth-order valence-corrected chi connectivity index (χ4v) is 5.46. The number of benzene rings is 2. The Hall–Kier alpha value is -1.22. The van der Waals surface area contributed by atoms with E-state index in [2.05, 4.69) is 36.8 Å². The quantitative estimate of drug-likeness (QED) is 0.547. The van der Waals surface area contributed by atoms with E-state index in [-0.39, 0.29) is 0 Å². The number of aromatic nitrogens is 1. The minimum atomic E-state index is -3.00. The summed E-state index contributed by atoms with van der Waals surface area (Å²) in [7, 11) is -3.00. The fraction of sp³-hybridized carbons (Fsp3) is 0.0556. The van der Waals surface area contributed by atoms with Crippen molar-refractivity contribution in [2.24, 2.45) is 0 Å². The van der Waals surface area contributed by atoms with E-state index in [1.54, 1.807) is 0 Å². The van der Waals surface area contributed by atoms with Gasteiger partial charge >= 0.3 is 0 Å². The molecule has 0 fully saturated rings. The minimum Gasteiger partial charge on any atom is -0.307 e. The van der Waals surface area contributed by atoms with Crippen molar-refractivity contribution in [3.8, 4) is 0 Å². The van der Waals surface area contributed by atoms with Crippen LogP contribution in [0.2, 0.25) is 0 Å². The zero-order chi connectivity index (χ0) is 16.4. The molecule has 1 atom stereocenters. The molecule has 0 saturated heterocycles. The van der Waals surface area contributed by atoms with Crippen molar-refractivity contribution in [1.82, 2.24) is 4.98 Å². The van der Waals surface area contributed by atoms with Gasteiger partial charge in [-0.05, 0) is 59.3 Å². The van der Waals surface area contributed by atoms with Crippen LogP contribution in [0.5, 0.6) is 0 Å². The molecule has 0 saturated carbocycles. The molecule has 5 heteroatoms. The van der Waals surface area contributed by atoms with E-state index < -0.39 is 7.14 Å². The molecule has 0 bridgehead atoms. The van der Waals surface area contributed by atoms with E-state index in [4.69, 9.17) is 0 Å². The van der Waals surface area contributed by atoms with E-state index >= 15 is 0 Å². The van der Waals surface area contributed by atoms with Crippen LogP contribution in [0.1, 0.15) is 5.69 Å². The van der Waals surface area contributed by atoms with Crippen LogP contribution < -0.4 is 16.0 Å². The molecular formula is C18H14Br2NOP. The maximum absolute atomic E-state index is 14.1. The van der Waals surface area contributed by atoms with Crippen LogP contribution in [0.15, 0.2) is 75.7 Å². The third-order valence-corrected chi connectivity index (χ3v) is 7.95. The van der Waals surface area contributed by atoms with Crippen molar-refractivity contribution < 1.29 is 4.57 Å². The SMILES string of the molecule is Cc1nc(P(=O)(c2ccccc2)c2ccc(Br)cc2)ccc1Br. The van der Waals surface area contributed by atoms with Crippen molar-refractivity contribution in [1.29, 1.82) is 0 Å². The largest absolute Gasteiger partial charge is 0.307 e. The lowest BCUT2D eigenvalue weighted by Crippen LogP contribution is -2.27. The lowest BCUT2D eigenvalue weighted by atomic mass is 10.4. The van der Waals surface area contributed by atoms with Crippen molar-refractivity contribution in [3.63, 3.8) is 0 Å². The number of nitrogens with zero attached hydrogens (tertiary/aromatic N) is 1. The first-order valence-corrected chi connectivity index (χ1v) is 10.4. The topological polar surface area (TPSA) is 30.0 Å². The Kier molecular flexibility index (Phi) is 4.86. The summed E-state index contributed by atoms with van der Waals surface area (Å²) in [4.78, 5) is 4.60. The molecule has 0 aliphatic rings. The van der Waals surface area contributed by atoms with Crippen molar-refractivity contribution >= 4 is 55.0 Å². The van der Waals surface area contributed by atoms with Crippen molar-refractivity contribution in [3.05, 3.63) is 81.4 Å². The van der Waals surface area contributed by atoms with Gasteiger partial charge in [-0.2, -0.15) is 0 Å². The van der Waals surface area contributed by atoms with Crippen molar-refractivity contribution in [2.75, 3.05) is 0 Å². The Morgan fingerprint density at radius 1 is 0.826 bits per heavy atom. The molecule has 1 aromatic heterocycles. The predicted octanol–water partition coefficient (Wildman–Crippen LogP) is 4.55. The zero-order valence-corrected chi connectivity index (χ0v) is 16.5. The van der Waals surface area contributed by atoms with Crippen LogP contribution in [0.4, 0.5) is 0 Å². The summed E-state index contributed by atoms with van der Waals surface area (Å²) in [6, 6.07) is 20.9. The molecule has 23 heavy (non-hydrogen) atoms. The van der Waals surface area contributed by atoms with Gasteiger partial charge in [0.05, 0.1) is 5.69 Å². The Morgan fingerprint density at radius 3 is 2.04 bits per heavy atom. The fourth-order valence-electron chi connectivity index (χ4n) is 2.41. The van der Waals surface area contributed by atoms with Crippen LogP contribution in [-0.4, -0.2) is 4.98 Å². The lowest BCUT2D eigenvalue weighted by molar-refractivity contribution is 0.592. The number of halogens is 2. The van der Waals surface area contributed by atoms with E-state index in [0.29, 0.717) is 5.44 Å². The van der Waals surface area contributed by atoms with Crippen LogP contribution in [0, 0.1) is 6.92 Å². The van der Waals surface area contributed by atoms with Gasteiger partial charge in [0, 0.05) is 19.6 Å². The summed E-state index contributed by atoms with van der Waals surface area (Å²) in [6.45, 7) is 1.91. The number of pyridine rings is 1. The molecule has 3 aromatic rings. The first-order chi connectivity index (χ1) is 11.0. The summed E-state index contributed by atoms with van der Waals surface area (Å²) < 4.78 is 16.0. The molecular weight excluding hydrogens is 437 g/mol. The number of hydrogen-bond acceptors (Lipinski definition) is 2. The van der Waals surface area contributed by atoms with Gasteiger partial charge in [-0.3, -0.25) is 0 Å². The molecule has 0 radical (unpaired) electrons. The van der Waals surface area contributed by atoms with Gasteiger partial charge in [-0.1, -0.05) is 46.3 Å². The second-order valence-corrected chi connectivity index (χ2v) is 9.64. The molecule has 0 aliphatic heterocycles. The average Bonchev–Trinajstić information content (AvgIpc) is 2.58. The Labute approximate surface area is 152 Å². The molecule has 0 N–H and O–H groups in total. The van der Waals surface area contributed by atoms with Gasteiger partial charge < -0.3 is 4.57 Å². The molecule has 0 aliphatic carbocycles. The summed E-state index contributed by atoms with van der Waals surface area (Å²) in [6.07, 6.45) is 0. The predicted molar refractivity (Wildman–Crippen MR) is 104 cm³/mol. The van der Waals surface area contributed by atoms with Crippen LogP contribution in [0.3, 0.4) is 0 Å². The zero-order valence-electron chi connectivity index (χ0n) is 12.4. The van der Waals surface area contributed by atoms with Gasteiger partial charge in [0.15, 0.2) is 7.14 Å². The van der Waals surface area contributed by atoms with Crippen LogP contribution >= 0.6 is 39.0 Å². The van der Waals surface area contributed by atoms with E-state index in [1.165, 1.54) is 0 Å². The highest BCUT2D eigenvalue weighted by Crippen LogP contribution is 2.42. The van der Waals surface area contributed by atoms with Gasteiger partial charge in [-0.15, -0.1) is 0 Å². The summed E-state index contributed by atoms with van der Waals surface area (Å²) in [5.41, 5.74) is 1.43. The van der Waals surface area contributed by atoms with E-state index in [9.17, 15) is 4.57 Å². The third kappa shape index (κ3) is 3.21. The molecule has 116 valence electrons. The first kappa shape index (κ1) is 16.6. The summed E-state index contributed by atoms with van der Waals surface area (Å²) >= 11 is 6.89. The highest BCUT2D eigenvalue weighted by atomic mass is 79.9. The molecule has 3 rings (SSSR count). The monoisotopic (exact) mass is 449 g/mol. The van der Waals surface area contributed by atoms with E-state index in [0.717, 1.165) is 25.2 Å². The normalized spacial score (nSPS) is 13.5. The minimum absolute atomic E-state index is 0.603. The second kappa shape index (κ2) is 6.72. The first-order valence-electron chi connectivity index (χ1n) is 7.07. The molecule has 2 aromatic carbocycles. The van der Waals surface area contributed by atoms with Crippen LogP contribution in [0.25, 0.3) is 0 Å². The maximum Gasteiger partial charge on any atom is 0.188 e. The van der Waals surface area contributed by atoms with Crippen LogP contribution in [-0.2, 0) is 4.57 Å². The second-order valence-electron chi connectivity index (χ2n) is 5.16. The van der Waals surface area contributed by atoms with E-state index in [1.807, 2.05) is 73.7 Å². The molecule has 1 unspecified atom stereocenters. The third-order valence-electron chi connectivity index (χ3n) is 3.64. The summed E-state index contributed by atoms with van der Waals surface area (Å²) in [5.74, 6) is 0. The summed E-state index contributed by atoms with van der Waals surface area (Å²) in [5, 5.41) is 1.57. The number of aryl methyl sites for hydroxylation is 1. The highest BCUT2D eigenvalue weighted by molar-refractivity contribution is 9.10. The van der Waals surface area contributed by atoms with Gasteiger partial charge in [-0.25, -0.2) is 4.98 Å². The Morgan fingerprint density at radius 2 is 1.43 bits per heavy atom. The maximum atomic E-state index is 14.1. The van der Waals surface area contributed by atoms with Gasteiger partial charge in [0.2, 0.25) is 0 Å². The molecule has 2 nitrogen and oxygen atoms in total. The molecule has 0 spiro atoms. The lowest BCUT2D eigenvalue weighted by Gasteiger charge is -2.19. The molecule has 1 heterocycles. The average molecular weight is 451 g/mol. The van der Waals surface area contributed by atoms with Crippen molar-refractivity contribution in [2.45, 2.75) is 6.92 Å². The van der Waals surface area contributed by atoms with Gasteiger partial charge in [0.1, 0.15) is 5.44 Å². The highest BCUT2D eigenvalue weighted by Gasteiger charge is 2.31.